The van der Waals surface area contributed by atoms with Gasteiger partial charge in [0.15, 0.2) is 11.5 Å². The number of aliphatic hydroxyl groups is 3. The Balaban J connectivity index is 2.21. The lowest BCUT2D eigenvalue weighted by Crippen LogP contribution is -2.52. The van der Waals surface area contributed by atoms with E-state index in [0.29, 0.717) is 45.8 Å². The molecule has 2 rings (SSSR count). The minimum absolute atomic E-state index is 0.139. The van der Waals surface area contributed by atoms with Crippen LogP contribution in [0.2, 0.25) is 0 Å². The third-order valence-electron chi connectivity index (χ3n) is 5.15. The van der Waals surface area contributed by atoms with Gasteiger partial charge in [-0.25, -0.2) is 0 Å². The standard InChI is InChI=1S/C23H35IN2O7/c1-14(2)32-8-4-5-25-18-11-16(23(30)26-6-7-27)12-19(21(18)29)33-22-17(24)9-15(13-28)10-20(22)31-3/h9-10,12,14,18-19,21,25,27-29H,4-8,11,13H2,1-3H3,(H,26,30). The number of ether oxygens (including phenoxy) is 3. The van der Waals surface area contributed by atoms with Crippen LogP contribution in [-0.4, -0.2) is 79.0 Å². The van der Waals surface area contributed by atoms with Crippen LogP contribution in [0.25, 0.3) is 0 Å². The summed E-state index contributed by atoms with van der Waals surface area (Å²) in [6, 6.07) is 3.04. The van der Waals surface area contributed by atoms with Gasteiger partial charge in [0.25, 0.3) is 0 Å². The highest BCUT2D eigenvalue weighted by atomic mass is 127. The molecular weight excluding hydrogens is 543 g/mol. The summed E-state index contributed by atoms with van der Waals surface area (Å²) in [6.07, 6.45) is 1.14. The van der Waals surface area contributed by atoms with Crippen LogP contribution in [0.1, 0.15) is 32.3 Å². The van der Waals surface area contributed by atoms with Crippen LogP contribution >= 0.6 is 22.6 Å². The topological polar surface area (TPSA) is 130 Å². The monoisotopic (exact) mass is 578 g/mol. The van der Waals surface area contributed by atoms with Crippen molar-refractivity contribution in [2.75, 3.05) is 33.4 Å². The molecule has 0 bridgehead atoms. The minimum Gasteiger partial charge on any atom is -0.493 e. The quantitative estimate of drug-likeness (QED) is 0.174. The number of halogens is 1. The Morgan fingerprint density at radius 1 is 1.27 bits per heavy atom. The smallest absolute Gasteiger partial charge is 0.247 e. The molecule has 9 nitrogen and oxygen atoms in total. The molecule has 5 N–H and O–H groups in total. The van der Waals surface area contributed by atoms with Crippen molar-refractivity contribution in [3.05, 3.63) is 32.9 Å². The highest BCUT2D eigenvalue weighted by molar-refractivity contribution is 14.1. The van der Waals surface area contributed by atoms with Crippen molar-refractivity contribution in [3.8, 4) is 11.5 Å². The van der Waals surface area contributed by atoms with Crippen LogP contribution < -0.4 is 20.1 Å². The molecule has 1 aliphatic carbocycles. The average Bonchev–Trinajstić information content (AvgIpc) is 2.79. The normalized spacial score (nSPS) is 20.5. The van der Waals surface area contributed by atoms with E-state index in [-0.39, 0.29) is 31.8 Å². The van der Waals surface area contributed by atoms with Crippen LogP contribution in [0.4, 0.5) is 0 Å². The number of nitrogens with one attached hydrogen (secondary N) is 2. The summed E-state index contributed by atoms with van der Waals surface area (Å²) in [5.74, 6) is 0.548. The van der Waals surface area contributed by atoms with Crippen LogP contribution in [0.3, 0.4) is 0 Å². The molecule has 1 amide bonds. The molecule has 1 aromatic rings. The molecule has 10 heteroatoms. The molecule has 0 heterocycles. The van der Waals surface area contributed by atoms with Gasteiger partial charge in [0.2, 0.25) is 5.91 Å². The highest BCUT2D eigenvalue weighted by Crippen LogP contribution is 2.36. The molecule has 3 unspecified atom stereocenters. The first-order valence-corrected chi connectivity index (χ1v) is 12.1. The number of hydrogen-bond acceptors (Lipinski definition) is 8. The summed E-state index contributed by atoms with van der Waals surface area (Å²) in [4.78, 5) is 12.6. The zero-order chi connectivity index (χ0) is 24.4. The highest BCUT2D eigenvalue weighted by Gasteiger charge is 2.36. The first-order valence-electron chi connectivity index (χ1n) is 11.1. The van der Waals surface area contributed by atoms with Crippen molar-refractivity contribution in [1.82, 2.24) is 10.6 Å². The van der Waals surface area contributed by atoms with Gasteiger partial charge in [-0.3, -0.25) is 4.79 Å². The Labute approximate surface area is 208 Å². The maximum atomic E-state index is 12.6. The summed E-state index contributed by atoms with van der Waals surface area (Å²) in [5, 5.41) is 35.5. The van der Waals surface area contributed by atoms with Gasteiger partial charge in [-0.1, -0.05) is 0 Å². The zero-order valence-corrected chi connectivity index (χ0v) is 21.5. The summed E-state index contributed by atoms with van der Waals surface area (Å²) >= 11 is 2.09. The molecule has 1 aliphatic rings. The molecular formula is C23H35IN2O7. The van der Waals surface area contributed by atoms with E-state index in [2.05, 4.69) is 33.2 Å². The van der Waals surface area contributed by atoms with Crippen LogP contribution in [0.15, 0.2) is 23.8 Å². The second kappa shape index (κ2) is 14.1. The number of carbonyl (C=O) groups is 1. The maximum absolute atomic E-state index is 12.6. The first-order chi connectivity index (χ1) is 15.8. The number of methoxy groups -OCH3 is 1. The predicted octanol–water partition coefficient (Wildman–Crippen LogP) is 1.11. The van der Waals surface area contributed by atoms with Gasteiger partial charge in [-0.15, -0.1) is 0 Å². The van der Waals surface area contributed by atoms with Gasteiger partial charge < -0.3 is 40.2 Å². The van der Waals surface area contributed by atoms with E-state index in [1.807, 2.05) is 13.8 Å². The molecule has 3 atom stereocenters. The molecule has 0 aliphatic heterocycles. The first kappa shape index (κ1) is 27.8. The van der Waals surface area contributed by atoms with Crippen molar-refractivity contribution >= 4 is 28.5 Å². The Bertz CT molecular complexity index is 803. The lowest BCUT2D eigenvalue weighted by molar-refractivity contribution is -0.118. The average molecular weight is 578 g/mol. The summed E-state index contributed by atoms with van der Waals surface area (Å²) in [6.45, 7) is 5.00. The Hall–Kier alpha value is -1.44. The molecule has 0 aromatic heterocycles. The van der Waals surface area contributed by atoms with E-state index in [4.69, 9.17) is 19.3 Å². The van der Waals surface area contributed by atoms with Gasteiger partial charge in [0, 0.05) is 24.8 Å². The van der Waals surface area contributed by atoms with Gasteiger partial charge in [0.1, 0.15) is 12.2 Å². The van der Waals surface area contributed by atoms with Crippen molar-refractivity contribution in [2.24, 2.45) is 0 Å². The van der Waals surface area contributed by atoms with Crippen molar-refractivity contribution in [2.45, 2.75) is 57.6 Å². The number of amides is 1. The fourth-order valence-electron chi connectivity index (χ4n) is 3.49. The molecule has 1 aromatic carbocycles. The molecule has 0 saturated heterocycles. The number of rotatable bonds is 13. The summed E-state index contributed by atoms with van der Waals surface area (Å²) in [5.41, 5.74) is 1.14. The third-order valence-corrected chi connectivity index (χ3v) is 5.95. The molecule has 0 saturated carbocycles. The Morgan fingerprint density at radius 2 is 2.03 bits per heavy atom. The van der Waals surface area contributed by atoms with E-state index in [0.717, 1.165) is 6.42 Å². The molecule has 33 heavy (non-hydrogen) atoms. The van der Waals surface area contributed by atoms with Crippen LogP contribution in [0, 0.1) is 3.57 Å². The largest absolute Gasteiger partial charge is 0.493 e. The van der Waals surface area contributed by atoms with Gasteiger partial charge in [0.05, 0.1) is 30.0 Å². The second-order valence-electron chi connectivity index (χ2n) is 8.05. The third kappa shape index (κ3) is 8.37. The summed E-state index contributed by atoms with van der Waals surface area (Å²) < 4.78 is 17.9. The molecule has 186 valence electrons. The second-order valence-corrected chi connectivity index (χ2v) is 9.21. The maximum Gasteiger partial charge on any atom is 0.247 e. The van der Waals surface area contributed by atoms with Gasteiger partial charge in [-0.05, 0) is 79.6 Å². The number of hydrogen-bond donors (Lipinski definition) is 5. The molecule has 0 radical (unpaired) electrons. The SMILES string of the molecule is COc1cc(CO)cc(I)c1OC1C=C(C(=O)NCCO)CC(NCCCOC(C)C)C1O. The lowest BCUT2D eigenvalue weighted by atomic mass is 9.89. The fraction of sp³-hybridized carbons (Fsp3) is 0.609. The van der Waals surface area contributed by atoms with E-state index in [1.165, 1.54) is 7.11 Å². The van der Waals surface area contributed by atoms with Gasteiger partial charge in [-0.2, -0.15) is 0 Å². The molecule has 0 spiro atoms. The Morgan fingerprint density at radius 3 is 2.67 bits per heavy atom. The minimum atomic E-state index is -0.913. The Kier molecular flexibility index (Phi) is 11.9. The number of carbonyl (C=O) groups excluding carboxylic acids is 1. The predicted molar refractivity (Wildman–Crippen MR) is 132 cm³/mol. The molecule has 0 fully saturated rings. The zero-order valence-electron chi connectivity index (χ0n) is 19.3. The summed E-state index contributed by atoms with van der Waals surface area (Å²) in [7, 11) is 1.50. The van der Waals surface area contributed by atoms with Crippen molar-refractivity contribution in [1.29, 1.82) is 0 Å². The fourth-order valence-corrected chi connectivity index (χ4v) is 4.29. The van der Waals surface area contributed by atoms with Crippen LogP contribution in [-0.2, 0) is 16.1 Å². The van der Waals surface area contributed by atoms with Crippen LogP contribution in [0.5, 0.6) is 11.5 Å². The number of aliphatic hydroxyl groups excluding tert-OH is 3. The van der Waals surface area contributed by atoms with E-state index < -0.39 is 18.2 Å². The van der Waals surface area contributed by atoms with E-state index >= 15 is 0 Å². The van der Waals surface area contributed by atoms with Crippen molar-refractivity contribution < 1.29 is 34.3 Å². The van der Waals surface area contributed by atoms with Crippen molar-refractivity contribution in [3.63, 3.8) is 0 Å². The van der Waals surface area contributed by atoms with E-state index in [1.54, 1.807) is 18.2 Å². The number of benzene rings is 1. The van der Waals surface area contributed by atoms with E-state index in [9.17, 15) is 15.0 Å². The lowest BCUT2D eigenvalue weighted by Gasteiger charge is -2.34. The van der Waals surface area contributed by atoms with Gasteiger partial charge >= 0.3 is 0 Å².